The summed E-state index contributed by atoms with van der Waals surface area (Å²) in [5.41, 5.74) is 3.03. The van der Waals surface area contributed by atoms with Crippen LogP contribution in [-0.2, 0) is 6.42 Å². The van der Waals surface area contributed by atoms with Crippen molar-refractivity contribution in [2.24, 2.45) is 0 Å². The van der Waals surface area contributed by atoms with Crippen molar-refractivity contribution in [1.82, 2.24) is 20.4 Å². The molecule has 0 radical (unpaired) electrons. The number of aromatic amines is 1. The number of amides is 1. The van der Waals surface area contributed by atoms with Crippen LogP contribution in [-0.4, -0.2) is 47.7 Å². The fourth-order valence-electron chi connectivity index (χ4n) is 3.13. The maximum Gasteiger partial charge on any atom is 0.254 e. The van der Waals surface area contributed by atoms with E-state index in [0.29, 0.717) is 11.5 Å². The standard InChI is InChI=1S/C17H22N4O/c1-18-17(22)15-11-19-20-16(15)14-8-10-21(12-14)9-7-13-5-3-2-4-6-13/h2-6,11,14H,7-10,12H2,1H3,(H,18,22)(H,19,20). The Balaban J connectivity index is 1.58. The molecule has 5 nitrogen and oxygen atoms in total. The molecular formula is C17H22N4O. The first kappa shape index (κ1) is 14.8. The van der Waals surface area contributed by atoms with Gasteiger partial charge in [0.1, 0.15) is 0 Å². The summed E-state index contributed by atoms with van der Waals surface area (Å²) in [7, 11) is 1.65. The minimum absolute atomic E-state index is 0.0634. The molecule has 1 atom stereocenters. The van der Waals surface area contributed by atoms with Crippen LogP contribution in [0.3, 0.4) is 0 Å². The van der Waals surface area contributed by atoms with Gasteiger partial charge in [-0.15, -0.1) is 0 Å². The molecular weight excluding hydrogens is 276 g/mol. The predicted octanol–water partition coefficient (Wildman–Crippen LogP) is 1.80. The maximum absolute atomic E-state index is 11.9. The first-order valence-corrected chi connectivity index (χ1v) is 7.79. The molecule has 1 unspecified atom stereocenters. The second kappa shape index (κ2) is 6.75. The molecule has 1 aromatic carbocycles. The van der Waals surface area contributed by atoms with Gasteiger partial charge < -0.3 is 10.2 Å². The van der Waals surface area contributed by atoms with Crippen molar-refractivity contribution in [1.29, 1.82) is 0 Å². The Bertz CT molecular complexity index is 623. The molecule has 116 valence electrons. The van der Waals surface area contributed by atoms with Gasteiger partial charge in [0.25, 0.3) is 5.91 Å². The minimum atomic E-state index is -0.0634. The van der Waals surface area contributed by atoms with Gasteiger partial charge in [-0.05, 0) is 24.9 Å². The van der Waals surface area contributed by atoms with Crippen molar-refractivity contribution in [2.45, 2.75) is 18.8 Å². The Hall–Kier alpha value is -2.14. The van der Waals surface area contributed by atoms with E-state index in [2.05, 4.69) is 44.7 Å². The van der Waals surface area contributed by atoms with E-state index in [1.807, 2.05) is 6.07 Å². The number of carbonyl (C=O) groups is 1. The van der Waals surface area contributed by atoms with E-state index < -0.39 is 0 Å². The van der Waals surface area contributed by atoms with Crippen LogP contribution in [0.25, 0.3) is 0 Å². The van der Waals surface area contributed by atoms with Crippen molar-refractivity contribution >= 4 is 5.91 Å². The molecule has 2 N–H and O–H groups in total. The number of H-pyrrole nitrogens is 1. The van der Waals surface area contributed by atoms with Crippen LogP contribution < -0.4 is 5.32 Å². The lowest BCUT2D eigenvalue weighted by atomic mass is 10.0. The molecule has 1 saturated heterocycles. The third kappa shape index (κ3) is 3.20. The molecule has 22 heavy (non-hydrogen) atoms. The number of hydrogen-bond donors (Lipinski definition) is 2. The van der Waals surface area contributed by atoms with Gasteiger partial charge >= 0.3 is 0 Å². The highest BCUT2D eigenvalue weighted by Gasteiger charge is 2.28. The largest absolute Gasteiger partial charge is 0.355 e. The van der Waals surface area contributed by atoms with Crippen LogP contribution in [0.15, 0.2) is 36.5 Å². The van der Waals surface area contributed by atoms with Crippen LogP contribution in [0.1, 0.15) is 34.0 Å². The number of likely N-dealkylation sites (tertiary alicyclic amines) is 1. The number of rotatable bonds is 5. The Morgan fingerprint density at radius 1 is 1.41 bits per heavy atom. The van der Waals surface area contributed by atoms with E-state index in [1.165, 1.54) is 5.56 Å². The highest BCUT2D eigenvalue weighted by atomic mass is 16.1. The number of nitrogens with one attached hydrogen (secondary N) is 2. The molecule has 1 amide bonds. The Morgan fingerprint density at radius 2 is 2.23 bits per heavy atom. The number of benzene rings is 1. The van der Waals surface area contributed by atoms with Gasteiger partial charge in [-0.25, -0.2) is 0 Å². The molecule has 1 aromatic heterocycles. The molecule has 2 aromatic rings. The first-order chi connectivity index (χ1) is 10.8. The van der Waals surface area contributed by atoms with Gasteiger partial charge in [0.15, 0.2) is 0 Å². The minimum Gasteiger partial charge on any atom is -0.355 e. The van der Waals surface area contributed by atoms with Crippen LogP contribution in [0.5, 0.6) is 0 Å². The first-order valence-electron chi connectivity index (χ1n) is 7.79. The monoisotopic (exact) mass is 298 g/mol. The Labute approximate surface area is 130 Å². The second-order valence-corrected chi connectivity index (χ2v) is 5.80. The molecule has 1 aliphatic rings. The summed E-state index contributed by atoms with van der Waals surface area (Å²) in [6, 6.07) is 10.6. The summed E-state index contributed by atoms with van der Waals surface area (Å²) in [5, 5.41) is 9.75. The average molecular weight is 298 g/mol. The molecule has 0 aliphatic carbocycles. The van der Waals surface area contributed by atoms with Crippen LogP contribution in [0, 0.1) is 0 Å². The van der Waals surface area contributed by atoms with Crippen LogP contribution >= 0.6 is 0 Å². The van der Waals surface area contributed by atoms with Crippen LogP contribution in [0.4, 0.5) is 0 Å². The highest BCUT2D eigenvalue weighted by Crippen LogP contribution is 2.28. The van der Waals surface area contributed by atoms with Crippen molar-refractivity contribution in [3.63, 3.8) is 0 Å². The normalized spacial score (nSPS) is 18.5. The lowest BCUT2D eigenvalue weighted by Gasteiger charge is -2.16. The zero-order valence-electron chi connectivity index (χ0n) is 12.9. The van der Waals surface area contributed by atoms with E-state index in [-0.39, 0.29) is 5.91 Å². The molecule has 2 heterocycles. The van der Waals surface area contributed by atoms with E-state index in [1.54, 1.807) is 13.2 Å². The number of hydrogen-bond acceptors (Lipinski definition) is 3. The third-order valence-electron chi connectivity index (χ3n) is 4.38. The summed E-state index contributed by atoms with van der Waals surface area (Å²) in [6.07, 6.45) is 3.76. The van der Waals surface area contributed by atoms with Gasteiger partial charge in [0.2, 0.25) is 0 Å². The molecule has 1 aliphatic heterocycles. The van der Waals surface area contributed by atoms with Gasteiger partial charge in [-0.1, -0.05) is 30.3 Å². The molecule has 5 heteroatoms. The fraction of sp³-hybridized carbons (Fsp3) is 0.412. The number of carbonyl (C=O) groups excluding carboxylic acids is 1. The quantitative estimate of drug-likeness (QED) is 0.885. The van der Waals surface area contributed by atoms with E-state index in [0.717, 1.165) is 38.2 Å². The van der Waals surface area contributed by atoms with Gasteiger partial charge in [-0.2, -0.15) is 5.10 Å². The van der Waals surface area contributed by atoms with Crippen molar-refractivity contribution < 1.29 is 4.79 Å². The van der Waals surface area contributed by atoms with E-state index in [4.69, 9.17) is 0 Å². The summed E-state index contributed by atoms with van der Waals surface area (Å²) in [4.78, 5) is 14.3. The Kier molecular flexibility index (Phi) is 4.53. The zero-order chi connectivity index (χ0) is 15.4. The van der Waals surface area contributed by atoms with Crippen molar-refractivity contribution in [3.8, 4) is 0 Å². The lowest BCUT2D eigenvalue weighted by Crippen LogP contribution is -2.24. The zero-order valence-corrected chi connectivity index (χ0v) is 12.9. The van der Waals surface area contributed by atoms with Gasteiger partial charge in [0, 0.05) is 26.1 Å². The molecule has 3 rings (SSSR count). The summed E-state index contributed by atoms with van der Waals surface area (Å²) >= 11 is 0. The highest BCUT2D eigenvalue weighted by molar-refractivity contribution is 5.95. The number of nitrogens with zero attached hydrogens (tertiary/aromatic N) is 2. The number of aromatic nitrogens is 2. The molecule has 0 bridgehead atoms. The SMILES string of the molecule is CNC(=O)c1cn[nH]c1C1CCN(CCc2ccccc2)C1. The fourth-order valence-corrected chi connectivity index (χ4v) is 3.13. The van der Waals surface area contributed by atoms with E-state index >= 15 is 0 Å². The lowest BCUT2D eigenvalue weighted by molar-refractivity contribution is 0.0961. The molecule has 0 saturated carbocycles. The van der Waals surface area contributed by atoms with Gasteiger partial charge in [0.05, 0.1) is 17.5 Å². The van der Waals surface area contributed by atoms with Gasteiger partial charge in [-0.3, -0.25) is 9.89 Å². The summed E-state index contributed by atoms with van der Waals surface area (Å²) < 4.78 is 0. The predicted molar refractivity (Wildman–Crippen MR) is 85.9 cm³/mol. The van der Waals surface area contributed by atoms with Crippen molar-refractivity contribution in [3.05, 3.63) is 53.3 Å². The smallest absolute Gasteiger partial charge is 0.254 e. The molecule has 0 spiro atoms. The summed E-state index contributed by atoms with van der Waals surface area (Å²) in [6.45, 7) is 3.12. The van der Waals surface area contributed by atoms with Crippen LogP contribution in [0.2, 0.25) is 0 Å². The van der Waals surface area contributed by atoms with E-state index in [9.17, 15) is 4.79 Å². The second-order valence-electron chi connectivity index (χ2n) is 5.80. The van der Waals surface area contributed by atoms with Crippen molar-refractivity contribution in [2.75, 3.05) is 26.7 Å². The molecule has 1 fully saturated rings. The Morgan fingerprint density at radius 3 is 3.00 bits per heavy atom. The third-order valence-corrected chi connectivity index (χ3v) is 4.38. The maximum atomic E-state index is 11.9. The average Bonchev–Trinajstić information content (AvgIpc) is 3.22. The summed E-state index contributed by atoms with van der Waals surface area (Å²) in [5.74, 6) is 0.303. The topological polar surface area (TPSA) is 61.0 Å².